The minimum atomic E-state index is -0.177. The maximum Gasteiger partial charge on any atom is 0.230 e. The summed E-state index contributed by atoms with van der Waals surface area (Å²) in [7, 11) is 0. The maximum atomic E-state index is 12.6. The number of aryl methyl sites for hydroxylation is 3. The molecule has 0 aliphatic heterocycles. The topological polar surface area (TPSA) is 139 Å². The van der Waals surface area contributed by atoms with Crippen LogP contribution in [-0.4, -0.2) is 44.7 Å². The Morgan fingerprint density at radius 2 is 1.52 bits per heavy atom. The molecule has 0 radical (unpaired) electrons. The summed E-state index contributed by atoms with van der Waals surface area (Å²) in [5, 5.41) is 26.6. The van der Waals surface area contributed by atoms with Crippen LogP contribution >= 0.6 is 11.3 Å². The van der Waals surface area contributed by atoms with Crippen LogP contribution in [-0.2, 0) is 40.1 Å². The molecule has 11 heteroatoms. The molecule has 2 aromatic heterocycles. The van der Waals surface area contributed by atoms with Crippen LogP contribution in [0.25, 0.3) is 0 Å². The second-order valence-corrected chi connectivity index (χ2v) is 11.9. The number of hydrogen-bond donors (Lipinski definition) is 3. The van der Waals surface area contributed by atoms with Crippen molar-refractivity contribution in [2.24, 2.45) is 0 Å². The summed E-state index contributed by atoms with van der Waals surface area (Å²) in [6.07, 6.45) is 4.21. The number of hydrogen-bond acceptors (Lipinski definition) is 8. The fourth-order valence-corrected chi connectivity index (χ4v) is 5.56. The Morgan fingerprint density at radius 1 is 0.795 bits per heavy atom. The van der Waals surface area contributed by atoms with Crippen molar-refractivity contribution in [2.45, 2.75) is 71.6 Å². The van der Waals surface area contributed by atoms with E-state index in [4.69, 9.17) is 0 Å². The maximum absolute atomic E-state index is 12.6. The Hall–Kier alpha value is -4.51. The van der Waals surface area contributed by atoms with Gasteiger partial charge in [-0.1, -0.05) is 72.4 Å². The van der Waals surface area contributed by atoms with Crippen LogP contribution in [0.15, 0.2) is 60.7 Å². The molecule has 2 heterocycles. The van der Waals surface area contributed by atoms with Crippen molar-refractivity contribution in [3.8, 4) is 0 Å². The molecule has 0 aliphatic rings. The van der Waals surface area contributed by atoms with Crippen LogP contribution in [0.1, 0.15) is 72.0 Å². The average Bonchev–Trinajstić information content (AvgIpc) is 3.43. The van der Waals surface area contributed by atoms with E-state index < -0.39 is 0 Å². The normalized spacial score (nSPS) is 11.5. The summed E-state index contributed by atoms with van der Waals surface area (Å²) in [5.74, 6) is 0.201. The summed E-state index contributed by atoms with van der Waals surface area (Å²) in [5.41, 5.74) is 4.83. The molecule has 4 rings (SSSR count). The largest absolute Gasteiger partial charge is 0.356 e. The summed E-state index contributed by atoms with van der Waals surface area (Å²) in [6.45, 7) is 6.52. The number of anilines is 2. The Kier molecular flexibility index (Phi) is 12.1. The average molecular weight is 614 g/mol. The molecule has 1 unspecified atom stereocenters. The molecule has 3 N–H and O–H groups in total. The first-order valence-corrected chi connectivity index (χ1v) is 15.7. The zero-order valence-electron chi connectivity index (χ0n) is 25.4. The van der Waals surface area contributed by atoms with Gasteiger partial charge in [0.2, 0.25) is 22.9 Å². The van der Waals surface area contributed by atoms with E-state index in [0.29, 0.717) is 30.3 Å². The number of benzene rings is 2. The van der Waals surface area contributed by atoms with Crippen molar-refractivity contribution in [3.05, 3.63) is 93.6 Å². The first-order valence-electron chi connectivity index (χ1n) is 14.9. The predicted molar refractivity (Wildman–Crippen MR) is 173 cm³/mol. The van der Waals surface area contributed by atoms with E-state index in [0.717, 1.165) is 58.6 Å². The minimum Gasteiger partial charge on any atom is -0.356 e. The Bertz CT molecular complexity index is 1550. The number of nitrogens with zero attached hydrogens (tertiary/aromatic N) is 4. The molecule has 0 saturated carbocycles. The molecule has 0 aliphatic carbocycles. The van der Waals surface area contributed by atoms with E-state index in [2.05, 4.69) is 36.3 Å². The third-order valence-electron chi connectivity index (χ3n) is 6.97. The van der Waals surface area contributed by atoms with Gasteiger partial charge in [-0.3, -0.25) is 14.4 Å². The lowest BCUT2D eigenvalue weighted by Gasteiger charge is -2.13. The first kappa shape index (κ1) is 32.4. The number of nitrogens with one attached hydrogen (secondary N) is 3. The van der Waals surface area contributed by atoms with Crippen LogP contribution in [0, 0.1) is 6.92 Å². The number of rotatable bonds is 15. The van der Waals surface area contributed by atoms with E-state index >= 15 is 0 Å². The number of aromatic nitrogens is 4. The summed E-state index contributed by atoms with van der Waals surface area (Å²) in [6, 6.07) is 19.3. The van der Waals surface area contributed by atoms with Crippen LogP contribution in [0.2, 0.25) is 0 Å². The second-order valence-electron chi connectivity index (χ2n) is 10.9. The molecule has 2 aromatic carbocycles. The monoisotopic (exact) mass is 613 g/mol. The SMILES string of the molecule is CCNC(=O)CC(C)c1cccc(CC(=O)Nc2ccc(CCCCc3nnc(NC(=O)Cc4cccc(C)c4)s3)nn2)c1. The fraction of sp³-hybridized carbons (Fsp3) is 0.364. The molecule has 0 fully saturated rings. The second kappa shape index (κ2) is 16.4. The summed E-state index contributed by atoms with van der Waals surface area (Å²) >= 11 is 1.40. The van der Waals surface area contributed by atoms with Crippen molar-refractivity contribution in [2.75, 3.05) is 17.2 Å². The highest BCUT2D eigenvalue weighted by Crippen LogP contribution is 2.21. The fourth-order valence-electron chi connectivity index (χ4n) is 4.77. The van der Waals surface area contributed by atoms with E-state index in [1.54, 1.807) is 6.07 Å². The molecule has 44 heavy (non-hydrogen) atoms. The Morgan fingerprint density at radius 3 is 2.25 bits per heavy atom. The number of amides is 3. The molecule has 1 atom stereocenters. The molecule has 0 bridgehead atoms. The standard InChI is InChI=1S/C33H39N7O3S/c1-4-34-29(41)18-23(3)26-12-8-11-25(19-26)21-30(42)35-28-16-15-27(37-38-28)13-5-6-14-32-39-40-33(44-32)36-31(43)20-24-10-7-9-22(2)17-24/h7-12,15-17,19,23H,4-6,13-14,18,20-21H2,1-3H3,(H,34,41)(H,35,38,42)(H,36,40,43). The third kappa shape index (κ3) is 10.6. The van der Waals surface area contributed by atoms with Crippen molar-refractivity contribution in [3.63, 3.8) is 0 Å². The van der Waals surface area contributed by atoms with Gasteiger partial charge in [-0.25, -0.2) is 0 Å². The van der Waals surface area contributed by atoms with Gasteiger partial charge in [-0.15, -0.1) is 15.3 Å². The number of unbranched alkanes of at least 4 members (excludes halogenated alkanes) is 1. The molecule has 230 valence electrons. The van der Waals surface area contributed by atoms with Gasteiger partial charge in [0.05, 0.1) is 18.5 Å². The zero-order chi connectivity index (χ0) is 31.3. The summed E-state index contributed by atoms with van der Waals surface area (Å²) in [4.78, 5) is 36.9. The summed E-state index contributed by atoms with van der Waals surface area (Å²) < 4.78 is 0. The number of carbonyl (C=O) groups is 3. The zero-order valence-corrected chi connectivity index (χ0v) is 26.2. The molecule has 10 nitrogen and oxygen atoms in total. The first-order chi connectivity index (χ1) is 21.3. The molecule has 3 amide bonds. The van der Waals surface area contributed by atoms with E-state index in [1.165, 1.54) is 11.3 Å². The van der Waals surface area contributed by atoms with Gasteiger partial charge in [0.1, 0.15) is 5.01 Å². The number of carbonyl (C=O) groups excluding carboxylic acids is 3. The lowest BCUT2D eigenvalue weighted by atomic mass is 9.95. The lowest BCUT2D eigenvalue weighted by Crippen LogP contribution is -2.24. The van der Waals surface area contributed by atoms with Crippen molar-refractivity contribution in [1.29, 1.82) is 0 Å². The smallest absolute Gasteiger partial charge is 0.230 e. The highest BCUT2D eigenvalue weighted by atomic mass is 32.1. The lowest BCUT2D eigenvalue weighted by molar-refractivity contribution is -0.121. The van der Waals surface area contributed by atoms with Crippen LogP contribution in [0.5, 0.6) is 0 Å². The van der Waals surface area contributed by atoms with Crippen molar-refractivity contribution in [1.82, 2.24) is 25.7 Å². The van der Waals surface area contributed by atoms with E-state index in [-0.39, 0.29) is 30.1 Å². The minimum absolute atomic E-state index is 0.0209. The molecule has 0 saturated heterocycles. The van der Waals surface area contributed by atoms with Crippen LogP contribution in [0.3, 0.4) is 0 Å². The molecular weight excluding hydrogens is 574 g/mol. The van der Waals surface area contributed by atoms with Crippen molar-refractivity contribution < 1.29 is 14.4 Å². The van der Waals surface area contributed by atoms with Gasteiger partial charge in [0.15, 0.2) is 5.82 Å². The predicted octanol–water partition coefficient (Wildman–Crippen LogP) is 5.19. The Labute approximate surface area is 262 Å². The molecular formula is C33H39N7O3S. The van der Waals surface area contributed by atoms with Gasteiger partial charge in [-0.05, 0) is 67.9 Å². The molecule has 4 aromatic rings. The highest BCUT2D eigenvalue weighted by molar-refractivity contribution is 7.15. The van der Waals surface area contributed by atoms with Gasteiger partial charge in [-0.2, -0.15) is 5.10 Å². The van der Waals surface area contributed by atoms with Crippen LogP contribution in [0.4, 0.5) is 10.9 Å². The van der Waals surface area contributed by atoms with Gasteiger partial charge in [0.25, 0.3) is 0 Å². The quantitative estimate of drug-likeness (QED) is 0.157. The van der Waals surface area contributed by atoms with E-state index in [1.807, 2.05) is 75.4 Å². The third-order valence-corrected chi connectivity index (χ3v) is 7.87. The van der Waals surface area contributed by atoms with Gasteiger partial charge in [0, 0.05) is 19.4 Å². The van der Waals surface area contributed by atoms with E-state index in [9.17, 15) is 14.4 Å². The van der Waals surface area contributed by atoms with Crippen LogP contribution < -0.4 is 16.0 Å². The van der Waals surface area contributed by atoms with Gasteiger partial charge < -0.3 is 16.0 Å². The van der Waals surface area contributed by atoms with Gasteiger partial charge >= 0.3 is 0 Å². The highest BCUT2D eigenvalue weighted by Gasteiger charge is 2.13. The Balaban J connectivity index is 1.16. The molecule has 0 spiro atoms. The van der Waals surface area contributed by atoms with Crippen molar-refractivity contribution >= 4 is 40.0 Å².